The molecule has 19 heavy (non-hydrogen) atoms. The monoisotopic (exact) mass is 343 g/mol. The van der Waals surface area contributed by atoms with Crippen LogP contribution in [0.4, 0.5) is 0 Å². The average Bonchev–Trinajstić information content (AvgIpc) is 2.83. The van der Waals surface area contributed by atoms with Crippen LogP contribution in [0.1, 0.15) is 57.4 Å². The fourth-order valence-electron chi connectivity index (χ4n) is 3.50. The van der Waals surface area contributed by atoms with Gasteiger partial charge in [0.2, 0.25) is 0 Å². The first-order valence-electron chi connectivity index (χ1n) is 7.68. The zero-order chi connectivity index (χ0) is 13.7. The van der Waals surface area contributed by atoms with E-state index in [1.807, 2.05) is 11.3 Å². The minimum absolute atomic E-state index is 0.755. The van der Waals surface area contributed by atoms with Crippen LogP contribution in [-0.4, -0.2) is 13.1 Å². The summed E-state index contributed by atoms with van der Waals surface area (Å²) in [4.78, 5) is 0. The fraction of sp³-hybridized carbons (Fsp3) is 0.750. The Morgan fingerprint density at radius 2 is 2.16 bits per heavy atom. The smallest absolute Gasteiger partial charge is 0.0317 e. The van der Waals surface area contributed by atoms with Gasteiger partial charge in [0.15, 0.2) is 0 Å². The van der Waals surface area contributed by atoms with Crippen LogP contribution in [0.3, 0.4) is 0 Å². The third-order valence-corrected chi connectivity index (χ3v) is 6.25. The Balaban J connectivity index is 2.09. The molecule has 0 amide bonds. The van der Waals surface area contributed by atoms with E-state index in [9.17, 15) is 0 Å². The summed E-state index contributed by atoms with van der Waals surface area (Å²) >= 11 is 5.58. The Kier molecular flexibility index (Phi) is 6.37. The molecule has 1 aliphatic carbocycles. The molecule has 1 heterocycles. The van der Waals surface area contributed by atoms with Crippen LogP contribution in [0.25, 0.3) is 0 Å². The third-order valence-electron chi connectivity index (χ3n) is 4.50. The molecule has 1 aromatic heterocycles. The van der Waals surface area contributed by atoms with Gasteiger partial charge in [0.25, 0.3) is 0 Å². The maximum absolute atomic E-state index is 3.75. The molecular formula is C16H26BrNS. The highest BCUT2D eigenvalue weighted by Crippen LogP contribution is 2.44. The summed E-state index contributed by atoms with van der Waals surface area (Å²) in [5.41, 5.74) is 1.56. The normalized spacial score (nSPS) is 27.6. The lowest BCUT2D eigenvalue weighted by Gasteiger charge is -2.36. The summed E-state index contributed by atoms with van der Waals surface area (Å²) in [6.45, 7) is 6.80. The first kappa shape index (κ1) is 15.5. The average molecular weight is 344 g/mol. The van der Waals surface area contributed by atoms with Gasteiger partial charge < -0.3 is 5.32 Å². The number of nitrogens with one attached hydrogen (secondary N) is 1. The second kappa shape index (κ2) is 7.80. The number of rotatable bonds is 6. The molecule has 0 saturated heterocycles. The lowest BCUT2D eigenvalue weighted by atomic mass is 9.70. The number of thiophene rings is 1. The van der Waals surface area contributed by atoms with Gasteiger partial charge in [-0.05, 0) is 70.6 Å². The van der Waals surface area contributed by atoms with Crippen LogP contribution in [0.2, 0.25) is 0 Å². The minimum atomic E-state index is 0.755. The Hall–Kier alpha value is 0.140. The maximum atomic E-state index is 3.75. The topological polar surface area (TPSA) is 12.0 Å². The van der Waals surface area contributed by atoms with Crippen LogP contribution >= 0.6 is 27.3 Å². The molecule has 108 valence electrons. The molecule has 1 aromatic rings. The van der Waals surface area contributed by atoms with Crippen molar-refractivity contribution in [2.24, 2.45) is 11.8 Å². The van der Waals surface area contributed by atoms with E-state index in [-0.39, 0.29) is 0 Å². The summed E-state index contributed by atoms with van der Waals surface area (Å²) in [6.07, 6.45) is 6.96. The Bertz CT molecular complexity index is 377. The maximum Gasteiger partial charge on any atom is 0.0317 e. The molecule has 0 aliphatic heterocycles. The Labute approximate surface area is 130 Å². The van der Waals surface area contributed by atoms with Gasteiger partial charge in [-0.2, -0.15) is 11.3 Å². The molecule has 0 bridgehead atoms. The summed E-state index contributed by atoms with van der Waals surface area (Å²) in [5, 5.41) is 8.17. The molecule has 3 heteroatoms. The van der Waals surface area contributed by atoms with E-state index in [1.165, 1.54) is 43.1 Å². The van der Waals surface area contributed by atoms with Crippen molar-refractivity contribution in [2.45, 2.75) is 51.9 Å². The molecule has 0 spiro atoms. The van der Waals surface area contributed by atoms with E-state index >= 15 is 0 Å². The van der Waals surface area contributed by atoms with Gasteiger partial charge in [-0.25, -0.2) is 0 Å². The van der Waals surface area contributed by atoms with Crippen molar-refractivity contribution in [2.75, 3.05) is 13.1 Å². The first-order valence-corrected chi connectivity index (χ1v) is 9.42. The molecule has 1 saturated carbocycles. The van der Waals surface area contributed by atoms with Gasteiger partial charge in [-0.1, -0.05) is 33.1 Å². The summed E-state index contributed by atoms with van der Waals surface area (Å²) in [7, 11) is 0. The van der Waals surface area contributed by atoms with Crippen molar-refractivity contribution in [1.82, 2.24) is 5.32 Å². The lowest BCUT2D eigenvalue weighted by molar-refractivity contribution is 0.221. The SMILES string of the molecule is CCCC1CCC(CNCC)C(c2cscc2Br)C1. The van der Waals surface area contributed by atoms with Crippen molar-refractivity contribution < 1.29 is 0 Å². The van der Waals surface area contributed by atoms with E-state index in [0.29, 0.717) is 0 Å². The van der Waals surface area contributed by atoms with Crippen molar-refractivity contribution in [3.63, 3.8) is 0 Å². The molecule has 0 radical (unpaired) electrons. The van der Waals surface area contributed by atoms with Crippen LogP contribution in [0, 0.1) is 11.8 Å². The predicted molar refractivity (Wildman–Crippen MR) is 89.0 cm³/mol. The van der Waals surface area contributed by atoms with Crippen molar-refractivity contribution >= 4 is 27.3 Å². The van der Waals surface area contributed by atoms with E-state index in [4.69, 9.17) is 0 Å². The quantitative estimate of drug-likeness (QED) is 0.726. The van der Waals surface area contributed by atoms with Crippen molar-refractivity contribution in [3.05, 3.63) is 20.8 Å². The molecular weight excluding hydrogens is 318 g/mol. The van der Waals surface area contributed by atoms with Gasteiger partial charge in [0.1, 0.15) is 0 Å². The van der Waals surface area contributed by atoms with E-state index in [1.54, 1.807) is 5.56 Å². The number of halogens is 1. The molecule has 1 fully saturated rings. The zero-order valence-corrected chi connectivity index (χ0v) is 14.5. The van der Waals surface area contributed by atoms with Gasteiger partial charge >= 0.3 is 0 Å². The highest BCUT2D eigenvalue weighted by molar-refractivity contribution is 9.10. The molecule has 3 unspecified atom stereocenters. The van der Waals surface area contributed by atoms with Crippen LogP contribution in [0.5, 0.6) is 0 Å². The summed E-state index contributed by atoms with van der Waals surface area (Å²) in [6, 6.07) is 0. The highest BCUT2D eigenvalue weighted by atomic mass is 79.9. The van der Waals surface area contributed by atoms with Gasteiger partial charge in [-0.3, -0.25) is 0 Å². The Morgan fingerprint density at radius 1 is 1.32 bits per heavy atom. The van der Waals surface area contributed by atoms with Crippen molar-refractivity contribution in [1.29, 1.82) is 0 Å². The zero-order valence-electron chi connectivity index (χ0n) is 12.1. The molecule has 3 atom stereocenters. The van der Waals surface area contributed by atoms with E-state index in [0.717, 1.165) is 24.3 Å². The second-order valence-corrected chi connectivity index (χ2v) is 7.41. The third kappa shape index (κ3) is 4.05. The number of hydrogen-bond donors (Lipinski definition) is 1. The predicted octanol–water partition coefficient (Wildman–Crippen LogP) is 5.42. The molecule has 2 rings (SSSR count). The van der Waals surface area contributed by atoms with Crippen LogP contribution < -0.4 is 5.32 Å². The molecule has 1 N–H and O–H groups in total. The van der Waals surface area contributed by atoms with Gasteiger partial charge in [0, 0.05) is 9.85 Å². The number of hydrogen-bond acceptors (Lipinski definition) is 2. The van der Waals surface area contributed by atoms with Crippen LogP contribution in [-0.2, 0) is 0 Å². The van der Waals surface area contributed by atoms with E-state index < -0.39 is 0 Å². The lowest BCUT2D eigenvalue weighted by Crippen LogP contribution is -2.32. The Morgan fingerprint density at radius 3 is 2.79 bits per heavy atom. The van der Waals surface area contributed by atoms with Gasteiger partial charge in [-0.15, -0.1) is 0 Å². The largest absolute Gasteiger partial charge is 0.317 e. The van der Waals surface area contributed by atoms with Crippen LogP contribution in [0.15, 0.2) is 15.2 Å². The van der Waals surface area contributed by atoms with E-state index in [2.05, 4.69) is 45.9 Å². The molecule has 1 aliphatic rings. The second-order valence-electron chi connectivity index (χ2n) is 5.82. The highest BCUT2D eigenvalue weighted by Gasteiger charge is 2.32. The fourth-order valence-corrected chi connectivity index (χ4v) is 5.16. The molecule has 0 aromatic carbocycles. The minimum Gasteiger partial charge on any atom is -0.317 e. The van der Waals surface area contributed by atoms with Gasteiger partial charge in [0.05, 0.1) is 0 Å². The van der Waals surface area contributed by atoms with Crippen molar-refractivity contribution in [3.8, 4) is 0 Å². The summed E-state index contributed by atoms with van der Waals surface area (Å²) < 4.78 is 1.33. The standard InChI is InChI=1S/C16H26BrNS/c1-3-5-12-6-7-13(9-18-4-2)14(8-12)15-10-19-11-16(15)17/h10-14,18H,3-9H2,1-2H3. The summed E-state index contributed by atoms with van der Waals surface area (Å²) in [5.74, 6) is 2.52. The molecule has 1 nitrogen and oxygen atoms in total. The first-order chi connectivity index (χ1) is 9.26.